The van der Waals surface area contributed by atoms with Gasteiger partial charge in [0.05, 0.1) is 20.8 Å². The Morgan fingerprint density at radius 2 is 2.05 bits per heavy atom. The summed E-state index contributed by atoms with van der Waals surface area (Å²) in [5.41, 5.74) is 1.23. The minimum absolute atomic E-state index is 0.224. The van der Waals surface area contributed by atoms with E-state index in [-0.39, 0.29) is 5.78 Å². The Balaban J connectivity index is 2.30. The van der Waals surface area contributed by atoms with Crippen LogP contribution in [0.3, 0.4) is 0 Å². The highest BCUT2D eigenvalue weighted by Gasteiger charge is 2.39. The van der Waals surface area contributed by atoms with Crippen molar-refractivity contribution >= 4 is 11.8 Å². The molecule has 1 unspecified atom stereocenters. The van der Waals surface area contributed by atoms with Crippen molar-refractivity contribution in [1.82, 2.24) is 0 Å². The molecular formula is C15H18O5. The molecule has 0 spiro atoms. The van der Waals surface area contributed by atoms with Crippen LogP contribution in [0.1, 0.15) is 29.3 Å². The monoisotopic (exact) mass is 278 g/mol. The van der Waals surface area contributed by atoms with Crippen LogP contribution in [0, 0.1) is 5.92 Å². The lowest BCUT2D eigenvalue weighted by molar-refractivity contribution is -0.146. The minimum Gasteiger partial charge on any atom is -0.497 e. The Hall–Kier alpha value is -2.04. The Bertz CT molecular complexity index is 535. The van der Waals surface area contributed by atoms with Gasteiger partial charge in [0.2, 0.25) is 0 Å². The average molecular weight is 278 g/mol. The molecule has 108 valence electrons. The minimum atomic E-state index is -0.766. The lowest BCUT2D eigenvalue weighted by Gasteiger charge is -2.09. The first-order valence-corrected chi connectivity index (χ1v) is 6.58. The molecule has 0 aliphatic heterocycles. The molecule has 0 heterocycles. The summed E-state index contributed by atoms with van der Waals surface area (Å²) < 4.78 is 15.5. The fraction of sp³-hybridized carbons (Fsp3) is 0.467. The van der Waals surface area contributed by atoms with Crippen molar-refractivity contribution in [3.05, 3.63) is 23.3 Å². The molecule has 0 saturated carbocycles. The van der Waals surface area contributed by atoms with Crippen LogP contribution in [0.2, 0.25) is 0 Å². The van der Waals surface area contributed by atoms with E-state index in [9.17, 15) is 9.59 Å². The predicted octanol–water partition coefficient (Wildman–Crippen LogP) is 2.01. The fourth-order valence-corrected chi connectivity index (χ4v) is 2.33. The number of benzene rings is 1. The normalized spacial score (nSPS) is 16.8. The van der Waals surface area contributed by atoms with Gasteiger partial charge in [0.1, 0.15) is 17.4 Å². The number of methoxy groups -OCH3 is 2. The Morgan fingerprint density at radius 1 is 1.30 bits per heavy atom. The van der Waals surface area contributed by atoms with Crippen LogP contribution in [0.25, 0.3) is 0 Å². The van der Waals surface area contributed by atoms with E-state index in [0.717, 1.165) is 12.0 Å². The Labute approximate surface area is 117 Å². The standard InChI is InChI=1S/C15H18O5/c1-4-5-20-15(17)12-8-10-11(14(12)16)6-9(18-2)7-13(10)19-3/h6-7,12H,4-5,8H2,1-3H3. The number of carbonyl (C=O) groups excluding carboxylic acids is 2. The van der Waals surface area contributed by atoms with Crippen molar-refractivity contribution < 1.29 is 23.8 Å². The van der Waals surface area contributed by atoms with Crippen LogP contribution >= 0.6 is 0 Å². The molecule has 1 aliphatic carbocycles. The van der Waals surface area contributed by atoms with Crippen LogP contribution < -0.4 is 9.47 Å². The third-order valence-corrected chi connectivity index (χ3v) is 3.36. The maximum absolute atomic E-state index is 12.3. The molecule has 1 aliphatic rings. The van der Waals surface area contributed by atoms with Crippen LogP contribution in [0.4, 0.5) is 0 Å². The van der Waals surface area contributed by atoms with Crippen molar-refractivity contribution in [2.75, 3.05) is 20.8 Å². The first kappa shape index (κ1) is 14.4. The van der Waals surface area contributed by atoms with E-state index in [2.05, 4.69) is 0 Å². The molecule has 5 heteroatoms. The van der Waals surface area contributed by atoms with Gasteiger partial charge in [-0.15, -0.1) is 0 Å². The second-order valence-electron chi connectivity index (χ2n) is 4.64. The highest BCUT2D eigenvalue weighted by atomic mass is 16.5. The molecule has 0 fully saturated rings. The average Bonchev–Trinajstić information content (AvgIpc) is 2.81. The van der Waals surface area contributed by atoms with E-state index in [0.29, 0.717) is 30.1 Å². The molecule has 1 aromatic rings. The van der Waals surface area contributed by atoms with Gasteiger partial charge in [0.15, 0.2) is 5.78 Å². The van der Waals surface area contributed by atoms with E-state index in [1.807, 2.05) is 6.92 Å². The number of esters is 1. The third-order valence-electron chi connectivity index (χ3n) is 3.36. The highest BCUT2D eigenvalue weighted by molar-refractivity contribution is 6.13. The van der Waals surface area contributed by atoms with Gasteiger partial charge in [-0.05, 0) is 18.9 Å². The highest BCUT2D eigenvalue weighted by Crippen LogP contribution is 2.37. The number of ether oxygens (including phenoxy) is 3. The molecule has 0 bridgehead atoms. The van der Waals surface area contributed by atoms with Crippen molar-refractivity contribution in [3.63, 3.8) is 0 Å². The van der Waals surface area contributed by atoms with E-state index in [4.69, 9.17) is 14.2 Å². The Kier molecular flexibility index (Phi) is 4.27. The van der Waals surface area contributed by atoms with E-state index in [1.165, 1.54) is 14.2 Å². The number of hydrogen-bond acceptors (Lipinski definition) is 5. The van der Waals surface area contributed by atoms with Gasteiger partial charge in [0, 0.05) is 17.2 Å². The third kappa shape index (κ3) is 2.48. The van der Waals surface area contributed by atoms with Crippen molar-refractivity contribution in [2.45, 2.75) is 19.8 Å². The van der Waals surface area contributed by atoms with Crippen molar-refractivity contribution in [1.29, 1.82) is 0 Å². The van der Waals surface area contributed by atoms with Gasteiger partial charge < -0.3 is 14.2 Å². The number of ketones is 1. The topological polar surface area (TPSA) is 61.8 Å². The number of hydrogen-bond donors (Lipinski definition) is 0. The largest absolute Gasteiger partial charge is 0.497 e. The molecular weight excluding hydrogens is 260 g/mol. The van der Waals surface area contributed by atoms with Gasteiger partial charge in [-0.1, -0.05) is 6.92 Å². The summed E-state index contributed by atoms with van der Waals surface area (Å²) in [6, 6.07) is 3.36. The van der Waals surface area contributed by atoms with Gasteiger partial charge in [0.25, 0.3) is 0 Å². The SMILES string of the molecule is CCCOC(=O)C1Cc2c(OC)cc(OC)cc2C1=O. The number of Topliss-reactive ketones (excluding diaryl/α,β-unsaturated/α-hetero) is 1. The number of rotatable bonds is 5. The molecule has 1 atom stereocenters. The summed E-state index contributed by atoms with van der Waals surface area (Å²) in [6.07, 6.45) is 1.06. The molecule has 0 N–H and O–H groups in total. The summed E-state index contributed by atoms with van der Waals surface area (Å²) in [6.45, 7) is 2.24. The lowest BCUT2D eigenvalue weighted by atomic mass is 10.1. The van der Waals surface area contributed by atoms with Crippen molar-refractivity contribution in [3.8, 4) is 11.5 Å². The molecule has 0 amide bonds. The van der Waals surface area contributed by atoms with Gasteiger partial charge in [-0.2, -0.15) is 0 Å². The maximum atomic E-state index is 12.3. The van der Waals surface area contributed by atoms with Crippen LogP contribution in [-0.4, -0.2) is 32.6 Å². The number of carbonyl (C=O) groups is 2. The van der Waals surface area contributed by atoms with Gasteiger partial charge in [-0.3, -0.25) is 9.59 Å². The second-order valence-corrected chi connectivity index (χ2v) is 4.64. The maximum Gasteiger partial charge on any atom is 0.317 e. The van der Waals surface area contributed by atoms with Crippen molar-refractivity contribution in [2.24, 2.45) is 5.92 Å². The van der Waals surface area contributed by atoms with E-state index < -0.39 is 11.9 Å². The molecule has 20 heavy (non-hydrogen) atoms. The summed E-state index contributed by atoms with van der Waals surface area (Å²) >= 11 is 0. The number of fused-ring (bicyclic) bond motifs is 1. The first-order chi connectivity index (χ1) is 9.62. The fourth-order valence-electron chi connectivity index (χ4n) is 2.33. The van der Waals surface area contributed by atoms with Crippen LogP contribution in [0.5, 0.6) is 11.5 Å². The summed E-state index contributed by atoms with van der Waals surface area (Å²) in [5.74, 6) is -0.347. The molecule has 0 saturated heterocycles. The molecule has 5 nitrogen and oxygen atoms in total. The predicted molar refractivity (Wildman–Crippen MR) is 72.3 cm³/mol. The molecule has 0 radical (unpaired) electrons. The first-order valence-electron chi connectivity index (χ1n) is 6.58. The quantitative estimate of drug-likeness (QED) is 0.609. The van der Waals surface area contributed by atoms with Crippen LogP contribution in [0.15, 0.2) is 12.1 Å². The summed E-state index contributed by atoms with van der Waals surface area (Å²) in [5, 5.41) is 0. The zero-order valence-corrected chi connectivity index (χ0v) is 11.9. The second kappa shape index (κ2) is 5.94. The Morgan fingerprint density at radius 3 is 2.65 bits per heavy atom. The van der Waals surface area contributed by atoms with E-state index in [1.54, 1.807) is 12.1 Å². The lowest BCUT2D eigenvalue weighted by Crippen LogP contribution is -2.23. The zero-order chi connectivity index (χ0) is 14.7. The summed E-state index contributed by atoms with van der Waals surface area (Å²) in [4.78, 5) is 24.2. The van der Waals surface area contributed by atoms with Crippen LogP contribution in [-0.2, 0) is 16.0 Å². The van der Waals surface area contributed by atoms with Gasteiger partial charge >= 0.3 is 5.97 Å². The van der Waals surface area contributed by atoms with Gasteiger partial charge in [-0.25, -0.2) is 0 Å². The zero-order valence-electron chi connectivity index (χ0n) is 11.9. The molecule has 1 aromatic carbocycles. The van der Waals surface area contributed by atoms with E-state index >= 15 is 0 Å². The molecule has 0 aromatic heterocycles. The summed E-state index contributed by atoms with van der Waals surface area (Å²) in [7, 11) is 3.05. The smallest absolute Gasteiger partial charge is 0.317 e. The molecule has 2 rings (SSSR count).